The van der Waals surface area contributed by atoms with E-state index < -0.39 is 0 Å². The molecule has 1 fully saturated rings. The molecule has 8 heteroatoms. The number of carbonyl (C=O) groups is 2. The van der Waals surface area contributed by atoms with E-state index in [0.29, 0.717) is 49.8 Å². The van der Waals surface area contributed by atoms with Gasteiger partial charge in [-0.25, -0.2) is 4.79 Å². The Kier molecular flexibility index (Phi) is 5.37. The fourth-order valence-electron chi connectivity index (χ4n) is 2.69. The van der Waals surface area contributed by atoms with Gasteiger partial charge in [0.05, 0.1) is 18.8 Å². The van der Waals surface area contributed by atoms with E-state index >= 15 is 0 Å². The van der Waals surface area contributed by atoms with Crippen molar-refractivity contribution in [3.05, 3.63) is 30.2 Å². The Bertz CT molecular complexity index is 701. The minimum atomic E-state index is -0.331. The van der Waals surface area contributed by atoms with Gasteiger partial charge in [-0.15, -0.1) is 0 Å². The minimum Gasteiger partial charge on any atom is -0.461 e. The number of aromatic nitrogens is 1. The number of likely N-dealkylation sites (tertiary alicyclic amines) is 1. The van der Waals surface area contributed by atoms with E-state index in [1.165, 1.54) is 0 Å². The summed E-state index contributed by atoms with van der Waals surface area (Å²) in [7, 11) is 0. The third-order valence-corrected chi connectivity index (χ3v) is 4.04. The van der Waals surface area contributed by atoms with Crippen LogP contribution in [0.15, 0.2) is 33.4 Å². The van der Waals surface area contributed by atoms with Crippen molar-refractivity contribution >= 4 is 12.1 Å². The molecule has 0 aromatic carbocycles. The highest BCUT2D eigenvalue weighted by Crippen LogP contribution is 2.22. The lowest BCUT2D eigenvalue weighted by molar-refractivity contribution is -0.151. The number of amides is 1. The number of piperidine rings is 1. The van der Waals surface area contributed by atoms with E-state index in [4.69, 9.17) is 18.4 Å². The molecular formula is C17H20N2O6. The first kappa shape index (κ1) is 17.1. The normalized spacial score (nSPS) is 15.2. The molecule has 0 spiro atoms. The second-order valence-electron chi connectivity index (χ2n) is 5.73. The molecule has 0 atom stereocenters. The maximum atomic E-state index is 12.2. The van der Waals surface area contributed by atoms with Crippen molar-refractivity contribution in [3.63, 3.8) is 0 Å². The molecule has 0 radical (unpaired) electrons. The second kappa shape index (κ2) is 7.87. The van der Waals surface area contributed by atoms with Crippen molar-refractivity contribution in [2.24, 2.45) is 5.92 Å². The zero-order valence-corrected chi connectivity index (χ0v) is 14.0. The average Bonchev–Trinajstić information content (AvgIpc) is 3.31. The summed E-state index contributed by atoms with van der Waals surface area (Å²) in [5, 5.41) is 3.86. The first-order valence-corrected chi connectivity index (χ1v) is 8.25. The lowest BCUT2D eigenvalue weighted by Gasteiger charge is -2.29. The fourth-order valence-corrected chi connectivity index (χ4v) is 2.69. The molecular weight excluding hydrogens is 328 g/mol. The van der Waals surface area contributed by atoms with Gasteiger partial charge in [0.1, 0.15) is 12.3 Å². The highest BCUT2D eigenvalue weighted by molar-refractivity contribution is 5.73. The summed E-state index contributed by atoms with van der Waals surface area (Å²) < 4.78 is 20.6. The van der Waals surface area contributed by atoms with Crippen LogP contribution in [0, 0.1) is 5.92 Å². The second-order valence-corrected chi connectivity index (χ2v) is 5.73. The molecule has 3 heterocycles. The van der Waals surface area contributed by atoms with Crippen LogP contribution in [0.25, 0.3) is 11.5 Å². The molecule has 8 nitrogen and oxygen atoms in total. The highest BCUT2D eigenvalue weighted by Gasteiger charge is 2.29. The maximum absolute atomic E-state index is 12.2. The third-order valence-electron chi connectivity index (χ3n) is 4.04. The summed E-state index contributed by atoms with van der Waals surface area (Å²) in [6, 6.07) is 5.18. The van der Waals surface area contributed by atoms with Gasteiger partial charge in [0, 0.05) is 19.2 Å². The van der Waals surface area contributed by atoms with Gasteiger partial charge in [-0.3, -0.25) is 4.79 Å². The molecule has 1 amide bonds. The van der Waals surface area contributed by atoms with E-state index in [1.54, 1.807) is 36.3 Å². The van der Waals surface area contributed by atoms with Gasteiger partial charge in [0.25, 0.3) is 0 Å². The lowest BCUT2D eigenvalue weighted by Crippen LogP contribution is -2.40. The number of hydrogen-bond acceptors (Lipinski definition) is 7. The van der Waals surface area contributed by atoms with E-state index in [2.05, 4.69) is 5.16 Å². The number of ether oxygens (including phenoxy) is 2. The quantitative estimate of drug-likeness (QED) is 0.767. The number of carbonyl (C=O) groups excluding carboxylic acids is 2. The summed E-state index contributed by atoms with van der Waals surface area (Å²) in [5.41, 5.74) is 0.517. The Morgan fingerprint density at radius 2 is 2.08 bits per heavy atom. The zero-order chi connectivity index (χ0) is 17.6. The van der Waals surface area contributed by atoms with Crippen molar-refractivity contribution in [1.29, 1.82) is 0 Å². The number of rotatable bonds is 5. The Morgan fingerprint density at radius 1 is 1.28 bits per heavy atom. The molecule has 1 aliphatic rings. The van der Waals surface area contributed by atoms with Gasteiger partial charge < -0.3 is 23.3 Å². The maximum Gasteiger partial charge on any atom is 0.409 e. The topological polar surface area (TPSA) is 95.0 Å². The van der Waals surface area contributed by atoms with Crippen LogP contribution in [-0.2, 0) is 20.9 Å². The van der Waals surface area contributed by atoms with Gasteiger partial charge in [-0.1, -0.05) is 5.16 Å². The SMILES string of the molecule is CCOC(=O)N1CCC(C(=O)OCc2cc(-c3ccco3)on2)CC1. The predicted octanol–water partition coefficient (Wildman–Crippen LogP) is 2.85. The standard InChI is InChI=1S/C17H20N2O6/c1-2-22-17(21)19-7-5-12(6-8-19)16(20)24-11-13-10-15(25-18-13)14-4-3-9-23-14/h3-4,9-10,12H,2,5-8,11H2,1H3. The summed E-state index contributed by atoms with van der Waals surface area (Å²) in [4.78, 5) is 25.4. The van der Waals surface area contributed by atoms with E-state index in [1.807, 2.05) is 0 Å². The van der Waals surface area contributed by atoms with Crippen molar-refractivity contribution in [1.82, 2.24) is 10.1 Å². The molecule has 3 rings (SSSR count). The van der Waals surface area contributed by atoms with Crippen molar-refractivity contribution in [2.45, 2.75) is 26.4 Å². The minimum absolute atomic E-state index is 0.0428. The fraction of sp³-hybridized carbons (Fsp3) is 0.471. The molecule has 1 saturated heterocycles. The molecule has 0 aliphatic carbocycles. The largest absolute Gasteiger partial charge is 0.461 e. The van der Waals surface area contributed by atoms with Gasteiger partial charge in [0.2, 0.25) is 5.76 Å². The Labute approximate surface area is 144 Å². The van der Waals surface area contributed by atoms with E-state index in [-0.39, 0.29) is 24.6 Å². The van der Waals surface area contributed by atoms with Crippen molar-refractivity contribution < 1.29 is 28.0 Å². The van der Waals surface area contributed by atoms with Crippen LogP contribution in [0.1, 0.15) is 25.5 Å². The van der Waals surface area contributed by atoms with Gasteiger partial charge >= 0.3 is 12.1 Å². The molecule has 134 valence electrons. The summed E-state index contributed by atoms with van der Waals surface area (Å²) in [6.45, 7) is 3.14. The lowest BCUT2D eigenvalue weighted by atomic mass is 9.97. The molecule has 25 heavy (non-hydrogen) atoms. The van der Waals surface area contributed by atoms with Gasteiger partial charge in [-0.05, 0) is 31.9 Å². The average molecular weight is 348 g/mol. The number of nitrogens with zero attached hydrogens (tertiary/aromatic N) is 2. The van der Waals surface area contributed by atoms with Crippen LogP contribution in [0.4, 0.5) is 4.79 Å². The van der Waals surface area contributed by atoms with Crippen LogP contribution >= 0.6 is 0 Å². The predicted molar refractivity (Wildman–Crippen MR) is 85.3 cm³/mol. The van der Waals surface area contributed by atoms with Crippen LogP contribution in [0.5, 0.6) is 0 Å². The Morgan fingerprint density at radius 3 is 2.76 bits per heavy atom. The van der Waals surface area contributed by atoms with Crippen molar-refractivity contribution in [2.75, 3.05) is 19.7 Å². The monoisotopic (exact) mass is 348 g/mol. The van der Waals surface area contributed by atoms with E-state index in [9.17, 15) is 9.59 Å². The van der Waals surface area contributed by atoms with Crippen molar-refractivity contribution in [3.8, 4) is 11.5 Å². The third kappa shape index (κ3) is 4.20. The number of hydrogen-bond donors (Lipinski definition) is 0. The van der Waals surface area contributed by atoms with E-state index in [0.717, 1.165) is 0 Å². The molecule has 2 aromatic heterocycles. The summed E-state index contributed by atoms with van der Waals surface area (Å²) >= 11 is 0. The molecule has 2 aromatic rings. The summed E-state index contributed by atoms with van der Waals surface area (Å²) in [6.07, 6.45) is 2.34. The zero-order valence-electron chi connectivity index (χ0n) is 14.0. The number of esters is 1. The molecule has 0 saturated carbocycles. The Balaban J connectivity index is 1.45. The van der Waals surface area contributed by atoms with Crippen LogP contribution in [0.3, 0.4) is 0 Å². The molecule has 0 bridgehead atoms. The first-order valence-electron chi connectivity index (χ1n) is 8.25. The molecule has 0 N–H and O–H groups in total. The smallest absolute Gasteiger partial charge is 0.409 e. The Hall–Kier alpha value is -2.77. The summed E-state index contributed by atoms with van der Waals surface area (Å²) in [5.74, 6) is 0.545. The van der Waals surface area contributed by atoms with Crippen LogP contribution in [0.2, 0.25) is 0 Å². The number of furan rings is 1. The first-order chi connectivity index (χ1) is 12.2. The highest BCUT2D eigenvalue weighted by atomic mass is 16.6. The molecule has 0 unspecified atom stereocenters. The van der Waals surface area contributed by atoms with Gasteiger partial charge in [0.15, 0.2) is 5.76 Å². The van der Waals surface area contributed by atoms with Crippen LogP contribution in [-0.4, -0.2) is 41.8 Å². The molecule has 1 aliphatic heterocycles. The van der Waals surface area contributed by atoms with Crippen LogP contribution < -0.4 is 0 Å². The van der Waals surface area contributed by atoms with Gasteiger partial charge in [-0.2, -0.15) is 0 Å².